The summed E-state index contributed by atoms with van der Waals surface area (Å²) in [5.41, 5.74) is 6.78. The van der Waals surface area contributed by atoms with E-state index < -0.39 is 23.7 Å². The van der Waals surface area contributed by atoms with Crippen molar-refractivity contribution in [2.24, 2.45) is 5.73 Å². The number of primary amides is 1. The van der Waals surface area contributed by atoms with Crippen molar-refractivity contribution in [2.75, 3.05) is 33.9 Å². The fourth-order valence-corrected chi connectivity index (χ4v) is 5.70. The molecule has 3 aromatic rings. The molecule has 1 amide bonds. The van der Waals surface area contributed by atoms with E-state index in [0.29, 0.717) is 48.1 Å². The Labute approximate surface area is 229 Å². The number of halogens is 1. The number of pyridine rings is 2. The lowest BCUT2D eigenvalue weighted by Gasteiger charge is -2.54. The van der Waals surface area contributed by atoms with E-state index in [2.05, 4.69) is 24.0 Å². The summed E-state index contributed by atoms with van der Waals surface area (Å²) in [5.74, 6) is -0.0585. The van der Waals surface area contributed by atoms with Gasteiger partial charge >= 0.3 is 0 Å². The maximum Gasteiger partial charge on any atom is 0.249 e. The first-order valence-corrected chi connectivity index (χ1v) is 13.6. The van der Waals surface area contributed by atoms with Gasteiger partial charge in [-0.25, -0.2) is 9.97 Å². The first kappa shape index (κ1) is 28.2. The van der Waals surface area contributed by atoms with Gasteiger partial charge in [-0.15, -0.1) is 0 Å². The summed E-state index contributed by atoms with van der Waals surface area (Å²) in [6, 6.07) is 13.9. The lowest BCUT2D eigenvalue weighted by Crippen LogP contribution is -2.73. The molecule has 4 rings (SSSR count). The van der Waals surface area contributed by atoms with Crippen LogP contribution in [0.1, 0.15) is 37.4 Å². The number of aliphatic hydroxyl groups is 1. The Balaban J connectivity index is 1.61. The molecule has 1 aliphatic rings. The van der Waals surface area contributed by atoms with E-state index in [9.17, 15) is 9.90 Å². The molecule has 3 N–H and O–H groups in total. The van der Waals surface area contributed by atoms with E-state index in [4.69, 9.17) is 31.8 Å². The summed E-state index contributed by atoms with van der Waals surface area (Å²) in [7, 11) is 4.09. The molecule has 1 unspecified atom stereocenters. The molecule has 1 aliphatic heterocycles. The van der Waals surface area contributed by atoms with Crippen LogP contribution in [0.4, 0.5) is 0 Å². The number of likely N-dealkylation sites (N-methyl/N-ethyl adjacent to an activating group) is 1. The second kappa shape index (κ2) is 11.9. The predicted octanol–water partition coefficient (Wildman–Crippen LogP) is 3.70. The van der Waals surface area contributed by atoms with Crippen LogP contribution < -0.4 is 10.5 Å². The Morgan fingerprint density at radius 1 is 1.29 bits per heavy atom. The van der Waals surface area contributed by atoms with Crippen molar-refractivity contribution in [3.63, 3.8) is 0 Å². The Morgan fingerprint density at radius 2 is 2.08 bits per heavy atom. The molecule has 0 spiro atoms. The average Bonchev–Trinajstić information content (AvgIpc) is 2.88. The van der Waals surface area contributed by atoms with Crippen LogP contribution >= 0.6 is 11.6 Å². The molecule has 204 valence electrons. The second-order valence-electron chi connectivity index (χ2n) is 10.7. The van der Waals surface area contributed by atoms with Gasteiger partial charge < -0.3 is 24.8 Å². The fourth-order valence-electron chi connectivity index (χ4n) is 5.50. The highest BCUT2D eigenvalue weighted by molar-refractivity contribution is 6.29. The molecular formula is C29H38ClN4O4+. The van der Waals surface area contributed by atoms with Crippen molar-refractivity contribution >= 4 is 28.3 Å². The summed E-state index contributed by atoms with van der Waals surface area (Å²) in [6.07, 6.45) is 3.48. The van der Waals surface area contributed by atoms with Crippen LogP contribution in [0.5, 0.6) is 5.88 Å². The standard InChI is InChI=1S/C29H37ClN4O4/c1-4-5-9-22-18-21-8-6-7-10-23(21)28(33-22)38-16-14-34(2,3)29(19-20-11-13-32-24(30)17-20)12-15-37-25(26(29)35)27(31)36/h6-8,10-11,13,17-18,25-26,35H,4-5,9,12,14-16,19H2,1-3H3,(H-,31,36)/p+1/t25?,26-,29+/m0/s1. The largest absolute Gasteiger partial charge is 0.471 e. The zero-order valence-corrected chi connectivity index (χ0v) is 23.2. The molecule has 8 nitrogen and oxygen atoms in total. The summed E-state index contributed by atoms with van der Waals surface area (Å²) < 4.78 is 12.3. The summed E-state index contributed by atoms with van der Waals surface area (Å²) >= 11 is 6.18. The number of unbranched alkanes of at least 4 members (excludes halogenated alkanes) is 1. The monoisotopic (exact) mass is 541 g/mol. The van der Waals surface area contributed by atoms with Crippen LogP contribution in [0, 0.1) is 0 Å². The fraction of sp³-hybridized carbons (Fsp3) is 0.483. The quantitative estimate of drug-likeness (QED) is 0.283. The van der Waals surface area contributed by atoms with Crippen molar-refractivity contribution in [2.45, 2.75) is 56.8 Å². The van der Waals surface area contributed by atoms with Crippen molar-refractivity contribution in [3.8, 4) is 5.88 Å². The number of fused-ring (bicyclic) bond motifs is 1. The molecule has 38 heavy (non-hydrogen) atoms. The number of nitrogens with two attached hydrogens (primary N) is 1. The Hall–Kier alpha value is -2.78. The van der Waals surface area contributed by atoms with Crippen LogP contribution in [-0.2, 0) is 22.4 Å². The van der Waals surface area contributed by atoms with Gasteiger partial charge in [-0.2, -0.15) is 0 Å². The van der Waals surface area contributed by atoms with E-state index in [0.717, 1.165) is 41.3 Å². The van der Waals surface area contributed by atoms with Crippen LogP contribution in [0.15, 0.2) is 48.7 Å². The van der Waals surface area contributed by atoms with E-state index in [1.54, 1.807) is 12.3 Å². The van der Waals surface area contributed by atoms with Crippen molar-refractivity contribution in [1.82, 2.24) is 9.97 Å². The molecule has 2 aromatic heterocycles. The zero-order valence-electron chi connectivity index (χ0n) is 22.4. The van der Waals surface area contributed by atoms with E-state index in [-0.39, 0.29) is 0 Å². The number of hydrogen-bond donors (Lipinski definition) is 2. The second-order valence-corrected chi connectivity index (χ2v) is 11.0. The highest BCUT2D eigenvalue weighted by Gasteiger charge is 2.57. The van der Waals surface area contributed by atoms with Gasteiger partial charge in [0, 0.05) is 30.1 Å². The molecule has 0 saturated carbocycles. The third-order valence-corrected chi connectivity index (χ3v) is 8.10. The first-order chi connectivity index (χ1) is 18.2. The maximum atomic E-state index is 12.2. The lowest BCUT2D eigenvalue weighted by atomic mass is 9.75. The van der Waals surface area contributed by atoms with Gasteiger partial charge in [0.2, 0.25) is 11.8 Å². The summed E-state index contributed by atoms with van der Waals surface area (Å²) in [4.78, 5) is 21.1. The Bertz CT molecular complexity index is 1270. The molecule has 3 heterocycles. The molecular weight excluding hydrogens is 504 g/mol. The molecule has 0 bridgehead atoms. The average molecular weight is 542 g/mol. The molecule has 1 saturated heterocycles. The number of amides is 1. The van der Waals surface area contributed by atoms with Gasteiger partial charge in [0.05, 0.1) is 20.7 Å². The molecule has 1 fully saturated rings. The summed E-state index contributed by atoms with van der Waals surface area (Å²) in [5, 5.41) is 14.0. The number of carbonyl (C=O) groups excluding carboxylic acids is 1. The number of aryl methyl sites for hydroxylation is 1. The zero-order chi connectivity index (χ0) is 27.3. The van der Waals surface area contributed by atoms with Gasteiger partial charge in [-0.05, 0) is 48.1 Å². The van der Waals surface area contributed by atoms with Crippen molar-refractivity contribution in [1.29, 1.82) is 0 Å². The number of nitrogens with zero attached hydrogens (tertiary/aromatic N) is 3. The number of aliphatic hydroxyl groups excluding tert-OH is 1. The SMILES string of the molecule is CCCCc1cc2ccccc2c(OCC[N+](C)(C)[C@@]2(Cc3ccnc(Cl)c3)CCOC(C(N)=O)[C@@H]2O)n1. The van der Waals surface area contributed by atoms with E-state index in [1.807, 2.05) is 38.4 Å². The highest BCUT2D eigenvalue weighted by Crippen LogP contribution is 2.38. The van der Waals surface area contributed by atoms with Crippen molar-refractivity contribution < 1.29 is 23.9 Å². The Morgan fingerprint density at radius 3 is 2.82 bits per heavy atom. The minimum absolute atomic E-state index is 0.303. The van der Waals surface area contributed by atoms with E-state index in [1.165, 1.54) is 0 Å². The summed E-state index contributed by atoms with van der Waals surface area (Å²) in [6.45, 7) is 3.39. The first-order valence-electron chi connectivity index (χ1n) is 13.2. The minimum Gasteiger partial charge on any atom is -0.471 e. The van der Waals surface area contributed by atoms with Gasteiger partial charge in [0.25, 0.3) is 0 Å². The number of benzene rings is 1. The van der Waals surface area contributed by atoms with Crippen LogP contribution in [-0.4, -0.2) is 77.1 Å². The number of hydrogen-bond acceptors (Lipinski definition) is 6. The molecule has 9 heteroatoms. The molecule has 0 radical (unpaired) electrons. The maximum absolute atomic E-state index is 12.2. The third kappa shape index (κ3) is 5.94. The number of aromatic nitrogens is 2. The number of quaternary nitrogens is 1. The van der Waals surface area contributed by atoms with Crippen LogP contribution in [0.25, 0.3) is 10.8 Å². The molecule has 1 aromatic carbocycles. The smallest absolute Gasteiger partial charge is 0.249 e. The molecule has 3 atom stereocenters. The van der Waals surface area contributed by atoms with Crippen LogP contribution in [0.3, 0.4) is 0 Å². The predicted molar refractivity (Wildman–Crippen MR) is 148 cm³/mol. The van der Waals surface area contributed by atoms with Crippen LogP contribution in [0.2, 0.25) is 5.15 Å². The Kier molecular flexibility index (Phi) is 8.88. The van der Waals surface area contributed by atoms with Gasteiger partial charge in [-0.1, -0.05) is 43.1 Å². The van der Waals surface area contributed by atoms with Crippen molar-refractivity contribution in [3.05, 3.63) is 65.1 Å². The number of rotatable bonds is 11. The lowest BCUT2D eigenvalue weighted by molar-refractivity contribution is -0.948. The van der Waals surface area contributed by atoms with Gasteiger partial charge in [0.1, 0.15) is 29.9 Å². The third-order valence-electron chi connectivity index (χ3n) is 7.89. The minimum atomic E-state index is -1.12. The van der Waals surface area contributed by atoms with Gasteiger partial charge in [-0.3, -0.25) is 4.79 Å². The number of carbonyl (C=O) groups is 1. The highest BCUT2D eigenvalue weighted by atomic mass is 35.5. The molecule has 0 aliphatic carbocycles. The van der Waals surface area contributed by atoms with E-state index >= 15 is 0 Å². The number of ether oxygens (including phenoxy) is 2. The topological polar surface area (TPSA) is 108 Å². The van der Waals surface area contributed by atoms with Gasteiger partial charge in [0.15, 0.2) is 6.10 Å². The normalized spacial score (nSPS) is 21.9.